The number of rotatable bonds is 4. The standard InChI is InChI=1S/C18H23N5O/c1-14-11-20-23(13-14)16-4-5-19-12-17(16)21-6-8-22(9-7-21)18(24)10-15-2-3-15/h4-5,11-13,15H,2-3,6-10H2,1H3. The van der Waals surface area contributed by atoms with Gasteiger partial charge in [-0.05, 0) is 37.3 Å². The molecule has 0 unspecified atom stereocenters. The van der Waals surface area contributed by atoms with E-state index < -0.39 is 0 Å². The van der Waals surface area contributed by atoms with E-state index in [-0.39, 0.29) is 0 Å². The summed E-state index contributed by atoms with van der Waals surface area (Å²) in [6.45, 7) is 5.30. The maximum absolute atomic E-state index is 12.3. The Hall–Kier alpha value is -2.37. The van der Waals surface area contributed by atoms with Crippen LogP contribution in [0.25, 0.3) is 5.69 Å². The van der Waals surface area contributed by atoms with Crippen molar-refractivity contribution in [1.29, 1.82) is 0 Å². The van der Waals surface area contributed by atoms with E-state index in [0.29, 0.717) is 11.8 Å². The molecule has 2 aliphatic rings. The van der Waals surface area contributed by atoms with E-state index in [1.54, 1.807) is 6.20 Å². The zero-order valence-electron chi connectivity index (χ0n) is 14.1. The van der Waals surface area contributed by atoms with Gasteiger partial charge in [-0.3, -0.25) is 9.78 Å². The smallest absolute Gasteiger partial charge is 0.222 e. The average molecular weight is 325 g/mol. The van der Waals surface area contributed by atoms with E-state index in [0.717, 1.165) is 49.5 Å². The molecule has 1 saturated heterocycles. The Morgan fingerprint density at radius 3 is 2.62 bits per heavy atom. The molecule has 3 heterocycles. The Balaban J connectivity index is 1.46. The molecular weight excluding hydrogens is 302 g/mol. The van der Waals surface area contributed by atoms with Crippen LogP contribution in [0, 0.1) is 12.8 Å². The lowest BCUT2D eigenvalue weighted by molar-refractivity contribution is -0.131. The van der Waals surface area contributed by atoms with Gasteiger partial charge in [0.05, 0.1) is 23.8 Å². The van der Waals surface area contributed by atoms with Gasteiger partial charge in [-0.1, -0.05) is 0 Å². The van der Waals surface area contributed by atoms with Crippen molar-refractivity contribution in [2.24, 2.45) is 5.92 Å². The van der Waals surface area contributed by atoms with Crippen molar-refractivity contribution in [2.45, 2.75) is 26.2 Å². The van der Waals surface area contributed by atoms with Crippen molar-refractivity contribution in [2.75, 3.05) is 31.1 Å². The first-order valence-electron chi connectivity index (χ1n) is 8.69. The van der Waals surface area contributed by atoms with Crippen molar-refractivity contribution in [3.8, 4) is 5.69 Å². The summed E-state index contributed by atoms with van der Waals surface area (Å²) >= 11 is 0. The summed E-state index contributed by atoms with van der Waals surface area (Å²) in [7, 11) is 0. The predicted octanol–water partition coefficient (Wildman–Crippen LogP) is 2.02. The van der Waals surface area contributed by atoms with Gasteiger partial charge >= 0.3 is 0 Å². The number of amides is 1. The average Bonchev–Trinajstić information content (AvgIpc) is 3.32. The molecule has 1 aliphatic carbocycles. The van der Waals surface area contributed by atoms with E-state index >= 15 is 0 Å². The maximum Gasteiger partial charge on any atom is 0.222 e. The fourth-order valence-electron chi connectivity index (χ4n) is 3.26. The molecule has 24 heavy (non-hydrogen) atoms. The van der Waals surface area contributed by atoms with Gasteiger partial charge < -0.3 is 9.80 Å². The first-order chi connectivity index (χ1) is 11.7. The second-order valence-corrected chi connectivity index (χ2v) is 6.84. The molecule has 126 valence electrons. The van der Waals surface area contributed by atoms with Crippen LogP contribution in [0.2, 0.25) is 0 Å². The molecule has 0 bridgehead atoms. The number of aryl methyl sites for hydroxylation is 1. The summed E-state index contributed by atoms with van der Waals surface area (Å²) in [5.41, 5.74) is 3.25. The van der Waals surface area contributed by atoms with Crippen LogP contribution in [0.1, 0.15) is 24.8 Å². The first-order valence-corrected chi connectivity index (χ1v) is 8.69. The molecule has 4 rings (SSSR count). The van der Waals surface area contributed by atoms with E-state index in [9.17, 15) is 4.79 Å². The van der Waals surface area contributed by atoms with Gasteiger partial charge in [-0.15, -0.1) is 0 Å². The lowest BCUT2D eigenvalue weighted by atomic mass is 10.2. The Bertz CT molecular complexity index is 729. The normalized spacial score (nSPS) is 18.0. The number of carbonyl (C=O) groups excluding carboxylic acids is 1. The van der Waals surface area contributed by atoms with Crippen LogP contribution in [0.15, 0.2) is 30.9 Å². The second-order valence-electron chi connectivity index (χ2n) is 6.84. The highest BCUT2D eigenvalue weighted by molar-refractivity contribution is 5.77. The van der Waals surface area contributed by atoms with Gasteiger partial charge in [-0.25, -0.2) is 4.68 Å². The monoisotopic (exact) mass is 325 g/mol. The summed E-state index contributed by atoms with van der Waals surface area (Å²) in [5.74, 6) is 0.981. The van der Waals surface area contributed by atoms with Crippen LogP contribution in [0.4, 0.5) is 5.69 Å². The number of carbonyl (C=O) groups is 1. The molecule has 2 aromatic heterocycles. The molecule has 0 radical (unpaired) electrons. The molecule has 0 spiro atoms. The highest BCUT2D eigenvalue weighted by Gasteiger charge is 2.29. The number of hydrogen-bond acceptors (Lipinski definition) is 4. The first kappa shape index (κ1) is 15.2. The summed E-state index contributed by atoms with van der Waals surface area (Å²) in [6.07, 6.45) is 10.8. The van der Waals surface area contributed by atoms with Crippen molar-refractivity contribution in [3.05, 3.63) is 36.4 Å². The highest BCUT2D eigenvalue weighted by atomic mass is 16.2. The van der Waals surface area contributed by atoms with E-state index in [1.165, 1.54) is 12.8 Å². The van der Waals surface area contributed by atoms with Crippen LogP contribution >= 0.6 is 0 Å². The molecule has 1 aliphatic heterocycles. The SMILES string of the molecule is Cc1cnn(-c2ccncc2N2CCN(C(=O)CC3CC3)CC2)c1. The summed E-state index contributed by atoms with van der Waals surface area (Å²) < 4.78 is 1.90. The van der Waals surface area contributed by atoms with Crippen LogP contribution < -0.4 is 4.90 Å². The molecule has 6 heteroatoms. The van der Waals surface area contributed by atoms with Gasteiger partial charge in [0.15, 0.2) is 0 Å². The van der Waals surface area contributed by atoms with Gasteiger partial charge in [0.1, 0.15) is 0 Å². The zero-order valence-corrected chi connectivity index (χ0v) is 14.1. The van der Waals surface area contributed by atoms with Gasteiger partial charge in [0.2, 0.25) is 5.91 Å². The van der Waals surface area contributed by atoms with E-state index in [1.807, 2.05) is 41.2 Å². The highest BCUT2D eigenvalue weighted by Crippen LogP contribution is 2.33. The topological polar surface area (TPSA) is 54.3 Å². The number of nitrogens with zero attached hydrogens (tertiary/aromatic N) is 5. The van der Waals surface area contributed by atoms with Crippen LogP contribution in [0.5, 0.6) is 0 Å². The molecule has 0 aromatic carbocycles. The Morgan fingerprint density at radius 1 is 1.17 bits per heavy atom. The molecule has 1 saturated carbocycles. The fraction of sp³-hybridized carbons (Fsp3) is 0.500. The number of piperazine rings is 1. The van der Waals surface area contributed by atoms with E-state index in [2.05, 4.69) is 15.0 Å². The van der Waals surface area contributed by atoms with Crippen LogP contribution in [0.3, 0.4) is 0 Å². The minimum atomic E-state index is 0.325. The third-order valence-electron chi connectivity index (χ3n) is 4.87. The molecule has 2 fully saturated rings. The maximum atomic E-state index is 12.3. The minimum Gasteiger partial charge on any atom is -0.365 e. The number of pyridine rings is 1. The van der Waals surface area contributed by atoms with Gasteiger partial charge in [0, 0.05) is 45.0 Å². The molecule has 0 atom stereocenters. The van der Waals surface area contributed by atoms with Gasteiger partial charge in [0.25, 0.3) is 0 Å². The lowest BCUT2D eigenvalue weighted by Gasteiger charge is -2.36. The molecule has 2 aromatic rings. The van der Waals surface area contributed by atoms with Crippen LogP contribution in [-0.4, -0.2) is 51.8 Å². The zero-order chi connectivity index (χ0) is 16.5. The summed E-state index contributed by atoms with van der Waals surface area (Å²) in [5, 5.41) is 4.42. The van der Waals surface area contributed by atoms with Crippen molar-refractivity contribution >= 4 is 11.6 Å². The molecule has 0 N–H and O–H groups in total. The summed E-state index contributed by atoms with van der Waals surface area (Å²) in [4.78, 5) is 20.9. The minimum absolute atomic E-state index is 0.325. The number of aromatic nitrogens is 3. The third-order valence-corrected chi connectivity index (χ3v) is 4.87. The van der Waals surface area contributed by atoms with E-state index in [4.69, 9.17) is 0 Å². The van der Waals surface area contributed by atoms with Crippen molar-refractivity contribution < 1.29 is 4.79 Å². The van der Waals surface area contributed by atoms with Crippen molar-refractivity contribution in [1.82, 2.24) is 19.7 Å². The largest absolute Gasteiger partial charge is 0.365 e. The van der Waals surface area contributed by atoms with Gasteiger partial charge in [-0.2, -0.15) is 5.10 Å². The second kappa shape index (κ2) is 6.26. The molecule has 6 nitrogen and oxygen atoms in total. The predicted molar refractivity (Wildman–Crippen MR) is 92.2 cm³/mol. The molecule has 1 amide bonds. The quantitative estimate of drug-likeness (QED) is 0.863. The Labute approximate surface area is 142 Å². The summed E-state index contributed by atoms with van der Waals surface area (Å²) in [6, 6.07) is 1.99. The van der Waals surface area contributed by atoms with Crippen LogP contribution in [-0.2, 0) is 4.79 Å². The molecular formula is C18H23N5O. The fourth-order valence-corrected chi connectivity index (χ4v) is 3.26. The van der Waals surface area contributed by atoms with Crippen molar-refractivity contribution in [3.63, 3.8) is 0 Å². The Kier molecular flexibility index (Phi) is 3.96. The number of anilines is 1. The number of hydrogen-bond donors (Lipinski definition) is 0. The lowest BCUT2D eigenvalue weighted by Crippen LogP contribution is -2.49. The Morgan fingerprint density at radius 2 is 1.96 bits per heavy atom. The third kappa shape index (κ3) is 3.13.